The Morgan fingerprint density at radius 2 is 1.95 bits per heavy atom. The molecule has 106 valence electrons. The minimum absolute atomic E-state index is 0.162. The van der Waals surface area contributed by atoms with Crippen molar-refractivity contribution in [3.63, 3.8) is 0 Å². The van der Waals surface area contributed by atoms with Crippen LogP contribution in [0.15, 0.2) is 30.5 Å². The molecule has 0 saturated heterocycles. The molecule has 2 N–H and O–H groups in total. The summed E-state index contributed by atoms with van der Waals surface area (Å²) >= 11 is 5.92. The molecule has 0 fully saturated rings. The SMILES string of the molecule is Cc1nc(N(C)C(C)c2ccc(Cl)cc2)ncc1CN. The van der Waals surface area contributed by atoms with Gasteiger partial charge in [0.15, 0.2) is 0 Å². The molecule has 0 saturated carbocycles. The van der Waals surface area contributed by atoms with E-state index in [9.17, 15) is 0 Å². The lowest BCUT2D eigenvalue weighted by molar-refractivity contribution is 0.711. The second kappa shape index (κ2) is 6.20. The van der Waals surface area contributed by atoms with Crippen LogP contribution >= 0.6 is 11.6 Å². The highest BCUT2D eigenvalue weighted by atomic mass is 35.5. The molecule has 0 bridgehead atoms. The van der Waals surface area contributed by atoms with Crippen molar-refractivity contribution in [2.24, 2.45) is 5.73 Å². The standard InChI is InChI=1S/C15H19ClN4/c1-10-13(8-17)9-18-15(19-10)20(3)11(2)12-4-6-14(16)7-5-12/h4-7,9,11H,8,17H2,1-3H3. The number of hydrogen-bond donors (Lipinski definition) is 1. The molecule has 1 aromatic carbocycles. The van der Waals surface area contributed by atoms with E-state index in [1.165, 1.54) is 5.56 Å². The molecule has 0 amide bonds. The van der Waals surface area contributed by atoms with Gasteiger partial charge < -0.3 is 10.6 Å². The van der Waals surface area contributed by atoms with Crippen LogP contribution < -0.4 is 10.6 Å². The van der Waals surface area contributed by atoms with E-state index in [1.807, 2.05) is 43.1 Å². The first-order chi connectivity index (χ1) is 9.52. The number of rotatable bonds is 4. The first-order valence-corrected chi connectivity index (χ1v) is 6.91. The van der Waals surface area contributed by atoms with Crippen molar-refractivity contribution in [1.82, 2.24) is 9.97 Å². The van der Waals surface area contributed by atoms with Gasteiger partial charge in [-0.05, 0) is 31.5 Å². The average Bonchev–Trinajstić information content (AvgIpc) is 2.46. The second-order valence-corrected chi connectivity index (χ2v) is 5.26. The van der Waals surface area contributed by atoms with Gasteiger partial charge in [-0.25, -0.2) is 9.97 Å². The Kier molecular flexibility index (Phi) is 4.57. The molecular formula is C15H19ClN4. The van der Waals surface area contributed by atoms with E-state index in [2.05, 4.69) is 16.9 Å². The molecule has 0 aliphatic heterocycles. The van der Waals surface area contributed by atoms with E-state index < -0.39 is 0 Å². The van der Waals surface area contributed by atoms with Crippen molar-refractivity contribution in [3.05, 3.63) is 52.3 Å². The van der Waals surface area contributed by atoms with Gasteiger partial charge >= 0.3 is 0 Å². The molecule has 0 spiro atoms. The molecule has 1 unspecified atom stereocenters. The lowest BCUT2D eigenvalue weighted by Crippen LogP contribution is -2.24. The number of nitrogens with zero attached hydrogens (tertiary/aromatic N) is 3. The fraction of sp³-hybridized carbons (Fsp3) is 0.333. The minimum Gasteiger partial charge on any atom is -0.337 e. The Bertz CT molecular complexity index is 583. The summed E-state index contributed by atoms with van der Waals surface area (Å²) in [5.74, 6) is 0.696. The highest BCUT2D eigenvalue weighted by Gasteiger charge is 2.15. The van der Waals surface area contributed by atoms with Gasteiger partial charge in [-0.3, -0.25) is 0 Å². The molecule has 2 aromatic rings. The molecule has 0 aliphatic carbocycles. The molecular weight excluding hydrogens is 272 g/mol. The molecule has 1 heterocycles. The summed E-state index contributed by atoms with van der Waals surface area (Å²) in [5.41, 5.74) is 8.70. The Balaban J connectivity index is 2.24. The van der Waals surface area contributed by atoms with Crippen molar-refractivity contribution in [3.8, 4) is 0 Å². The van der Waals surface area contributed by atoms with E-state index >= 15 is 0 Å². The van der Waals surface area contributed by atoms with Crippen LogP contribution in [0.25, 0.3) is 0 Å². The number of aromatic nitrogens is 2. The van der Waals surface area contributed by atoms with Crippen LogP contribution in [-0.4, -0.2) is 17.0 Å². The third kappa shape index (κ3) is 3.08. The van der Waals surface area contributed by atoms with Crippen LogP contribution in [0.5, 0.6) is 0 Å². The molecule has 20 heavy (non-hydrogen) atoms. The lowest BCUT2D eigenvalue weighted by atomic mass is 10.1. The van der Waals surface area contributed by atoms with Gasteiger partial charge in [0.05, 0.1) is 6.04 Å². The van der Waals surface area contributed by atoms with E-state index in [0.717, 1.165) is 16.3 Å². The third-order valence-corrected chi connectivity index (χ3v) is 3.79. The predicted octanol–water partition coefficient (Wildman–Crippen LogP) is 3.09. The fourth-order valence-corrected chi connectivity index (χ4v) is 2.11. The van der Waals surface area contributed by atoms with E-state index in [1.54, 1.807) is 6.20 Å². The molecule has 4 nitrogen and oxygen atoms in total. The quantitative estimate of drug-likeness (QED) is 0.940. The Morgan fingerprint density at radius 3 is 2.50 bits per heavy atom. The smallest absolute Gasteiger partial charge is 0.225 e. The Labute approximate surface area is 124 Å². The van der Waals surface area contributed by atoms with Gasteiger partial charge in [0, 0.05) is 36.1 Å². The summed E-state index contributed by atoms with van der Waals surface area (Å²) < 4.78 is 0. The molecule has 0 radical (unpaired) electrons. The first-order valence-electron chi connectivity index (χ1n) is 6.53. The summed E-state index contributed by atoms with van der Waals surface area (Å²) in [6, 6.07) is 7.99. The zero-order valence-corrected chi connectivity index (χ0v) is 12.7. The van der Waals surface area contributed by atoms with Crippen LogP contribution in [0.3, 0.4) is 0 Å². The van der Waals surface area contributed by atoms with Crippen molar-refractivity contribution >= 4 is 17.5 Å². The summed E-state index contributed by atoms with van der Waals surface area (Å²) in [6.07, 6.45) is 1.79. The molecule has 1 aromatic heterocycles. The highest BCUT2D eigenvalue weighted by Crippen LogP contribution is 2.24. The van der Waals surface area contributed by atoms with Gasteiger partial charge in [0.25, 0.3) is 0 Å². The molecule has 0 aliphatic rings. The van der Waals surface area contributed by atoms with Crippen LogP contribution in [-0.2, 0) is 6.54 Å². The van der Waals surface area contributed by atoms with Crippen LogP contribution in [0.4, 0.5) is 5.95 Å². The van der Waals surface area contributed by atoms with E-state index in [-0.39, 0.29) is 6.04 Å². The third-order valence-electron chi connectivity index (χ3n) is 3.54. The van der Waals surface area contributed by atoms with Crippen molar-refractivity contribution < 1.29 is 0 Å². The highest BCUT2D eigenvalue weighted by molar-refractivity contribution is 6.30. The number of anilines is 1. The Morgan fingerprint density at radius 1 is 1.30 bits per heavy atom. The normalized spacial score (nSPS) is 12.2. The fourth-order valence-electron chi connectivity index (χ4n) is 1.99. The maximum absolute atomic E-state index is 5.92. The summed E-state index contributed by atoms with van der Waals surface area (Å²) in [7, 11) is 1.98. The van der Waals surface area contributed by atoms with Gasteiger partial charge in [0.2, 0.25) is 5.95 Å². The summed E-state index contributed by atoms with van der Waals surface area (Å²) in [5, 5.41) is 0.739. The van der Waals surface area contributed by atoms with Crippen molar-refractivity contribution in [2.45, 2.75) is 26.4 Å². The molecule has 5 heteroatoms. The number of hydrogen-bond acceptors (Lipinski definition) is 4. The number of nitrogens with two attached hydrogens (primary N) is 1. The zero-order chi connectivity index (χ0) is 14.7. The topological polar surface area (TPSA) is 55.0 Å². The summed E-state index contributed by atoms with van der Waals surface area (Å²) in [6.45, 7) is 4.52. The molecule has 2 rings (SSSR count). The monoisotopic (exact) mass is 290 g/mol. The molecule has 1 atom stereocenters. The lowest BCUT2D eigenvalue weighted by Gasteiger charge is -2.25. The van der Waals surface area contributed by atoms with Gasteiger partial charge in [0.1, 0.15) is 0 Å². The maximum atomic E-state index is 5.92. The predicted molar refractivity (Wildman–Crippen MR) is 82.9 cm³/mol. The minimum atomic E-state index is 0.162. The summed E-state index contributed by atoms with van der Waals surface area (Å²) in [4.78, 5) is 10.9. The number of aryl methyl sites for hydroxylation is 1. The average molecular weight is 291 g/mol. The second-order valence-electron chi connectivity index (χ2n) is 4.82. The van der Waals surface area contributed by atoms with Crippen molar-refractivity contribution in [1.29, 1.82) is 0 Å². The maximum Gasteiger partial charge on any atom is 0.225 e. The van der Waals surface area contributed by atoms with E-state index in [0.29, 0.717) is 12.5 Å². The zero-order valence-electron chi connectivity index (χ0n) is 12.0. The van der Waals surface area contributed by atoms with Crippen LogP contribution in [0.1, 0.15) is 29.8 Å². The first kappa shape index (κ1) is 14.8. The van der Waals surface area contributed by atoms with Crippen LogP contribution in [0.2, 0.25) is 5.02 Å². The van der Waals surface area contributed by atoms with E-state index in [4.69, 9.17) is 17.3 Å². The largest absolute Gasteiger partial charge is 0.337 e. The number of benzene rings is 1. The van der Waals surface area contributed by atoms with Crippen molar-refractivity contribution in [2.75, 3.05) is 11.9 Å². The van der Waals surface area contributed by atoms with Crippen LogP contribution in [0, 0.1) is 6.92 Å². The Hall–Kier alpha value is -1.65. The van der Waals surface area contributed by atoms with Gasteiger partial charge in [-0.2, -0.15) is 0 Å². The van der Waals surface area contributed by atoms with Gasteiger partial charge in [-0.15, -0.1) is 0 Å². The number of halogens is 1. The van der Waals surface area contributed by atoms with Gasteiger partial charge in [-0.1, -0.05) is 23.7 Å².